The van der Waals surface area contributed by atoms with Crippen LogP contribution in [0.15, 0.2) is 78.0 Å². The maximum absolute atomic E-state index is 14.0. The van der Waals surface area contributed by atoms with Crippen molar-refractivity contribution in [1.82, 2.24) is 20.1 Å². The summed E-state index contributed by atoms with van der Waals surface area (Å²) in [5.41, 5.74) is 3.22. The first kappa shape index (κ1) is 31.5. The van der Waals surface area contributed by atoms with Crippen molar-refractivity contribution in [2.24, 2.45) is 4.99 Å². The fourth-order valence-corrected chi connectivity index (χ4v) is 5.64. The van der Waals surface area contributed by atoms with Crippen molar-refractivity contribution in [2.75, 3.05) is 17.2 Å². The number of amides is 2. The van der Waals surface area contributed by atoms with Gasteiger partial charge < -0.3 is 15.0 Å². The van der Waals surface area contributed by atoms with E-state index < -0.39 is 18.4 Å². The Kier molecular flexibility index (Phi) is 9.38. The predicted octanol–water partition coefficient (Wildman–Crippen LogP) is 7.37. The number of hydrogen-bond acceptors (Lipinski definition) is 6. The van der Waals surface area contributed by atoms with Crippen LogP contribution in [0.1, 0.15) is 43.4 Å². The Bertz CT molecular complexity index is 1730. The van der Waals surface area contributed by atoms with Crippen LogP contribution in [-0.4, -0.2) is 44.6 Å². The molecular formula is C31H27F4N7O2S. The van der Waals surface area contributed by atoms with Gasteiger partial charge >= 0.3 is 12.4 Å². The molecule has 3 aromatic carbocycles. The Balaban J connectivity index is 1.27. The molecule has 1 saturated heterocycles. The van der Waals surface area contributed by atoms with Crippen LogP contribution in [0.2, 0.25) is 0 Å². The number of nitriles is 1. The van der Waals surface area contributed by atoms with Crippen molar-refractivity contribution < 1.29 is 27.1 Å². The molecule has 1 unspecified atom stereocenters. The number of rotatable bonds is 7. The number of halogens is 4. The third kappa shape index (κ3) is 7.79. The van der Waals surface area contributed by atoms with E-state index in [1.807, 2.05) is 18.7 Å². The van der Waals surface area contributed by atoms with E-state index >= 15 is 0 Å². The summed E-state index contributed by atoms with van der Waals surface area (Å²) in [6.45, 7) is 4.57. The lowest BCUT2D eigenvalue weighted by atomic mass is 10.00. The normalized spacial score (nSPS) is 15.2. The Morgan fingerprint density at radius 3 is 2.51 bits per heavy atom. The summed E-state index contributed by atoms with van der Waals surface area (Å²) < 4.78 is 56.6. The first-order valence-corrected chi connectivity index (χ1v) is 14.9. The number of aromatic nitrogens is 3. The number of anilines is 1. The second-order valence-corrected chi connectivity index (χ2v) is 11.4. The molecule has 1 aromatic heterocycles. The highest BCUT2D eigenvalue weighted by molar-refractivity contribution is 8.14. The van der Waals surface area contributed by atoms with Crippen molar-refractivity contribution in [3.05, 3.63) is 90.0 Å². The van der Waals surface area contributed by atoms with Crippen molar-refractivity contribution >= 4 is 28.6 Å². The Morgan fingerprint density at radius 2 is 1.84 bits per heavy atom. The number of hydrogen-bond donors (Lipinski definition) is 1. The summed E-state index contributed by atoms with van der Waals surface area (Å²) in [6, 6.07) is 16.9. The summed E-state index contributed by atoms with van der Waals surface area (Å²) in [7, 11) is 0. The number of carbonyl (C=O) groups excluding carboxylic acids is 1. The van der Waals surface area contributed by atoms with Gasteiger partial charge in [0.15, 0.2) is 11.0 Å². The van der Waals surface area contributed by atoms with E-state index in [0.717, 1.165) is 23.4 Å². The van der Waals surface area contributed by atoms with Crippen LogP contribution < -0.4 is 15.0 Å². The van der Waals surface area contributed by atoms with Gasteiger partial charge in [0.05, 0.1) is 11.8 Å². The maximum Gasteiger partial charge on any atom is 0.573 e. The average molecular weight is 638 g/mol. The smallest absolute Gasteiger partial charge is 0.406 e. The van der Waals surface area contributed by atoms with E-state index in [-0.39, 0.29) is 17.5 Å². The minimum atomic E-state index is -4.78. The fraction of sp³-hybridized carbons (Fsp3) is 0.258. The molecular weight excluding hydrogens is 610 g/mol. The van der Waals surface area contributed by atoms with Gasteiger partial charge in [-0.25, -0.2) is 18.9 Å². The second-order valence-electron chi connectivity index (χ2n) is 10.3. The minimum absolute atomic E-state index is 0.0564. The quantitative estimate of drug-likeness (QED) is 0.211. The SMILES string of the molecule is CC(C)c1cc(F)ccc1N1CCCS/C1=N\C(=O)NC(C#N)c1ccc(-c2ncn(-c3ccc(OC(F)(F)F)cc3)n2)cc1. The van der Waals surface area contributed by atoms with Gasteiger partial charge in [0.1, 0.15) is 23.9 Å². The third-order valence-electron chi connectivity index (χ3n) is 6.81. The molecule has 1 atom stereocenters. The summed E-state index contributed by atoms with van der Waals surface area (Å²) in [6.07, 6.45) is -2.50. The number of nitrogens with zero attached hydrogens (tertiary/aromatic N) is 6. The molecule has 0 aliphatic carbocycles. The Labute approximate surface area is 260 Å². The molecule has 5 rings (SSSR count). The van der Waals surface area contributed by atoms with E-state index in [2.05, 4.69) is 31.2 Å². The maximum atomic E-state index is 14.0. The molecule has 9 nitrogen and oxygen atoms in total. The molecule has 1 aliphatic rings. The van der Waals surface area contributed by atoms with Crippen LogP contribution in [0.25, 0.3) is 17.1 Å². The molecule has 0 bridgehead atoms. The predicted molar refractivity (Wildman–Crippen MR) is 163 cm³/mol. The standard InChI is InChI=1S/C31H27F4N7O2S/c1-19(2)25-16-22(32)8-13-27(25)41-14-3-15-45-30(41)39-29(43)38-26(17-36)20-4-6-21(7-5-20)28-37-18-42(40-28)23-9-11-24(12-10-23)44-31(33,34)35/h4-13,16,18-19,26H,3,14-15H2,1-2H3,(H,38,43)/b39-30-. The number of urea groups is 1. The molecule has 1 aliphatic heterocycles. The zero-order valence-electron chi connectivity index (χ0n) is 24.1. The number of amidine groups is 1. The summed E-state index contributed by atoms with van der Waals surface area (Å²) in [4.78, 5) is 23.4. The highest BCUT2D eigenvalue weighted by Gasteiger charge is 2.31. The van der Waals surface area contributed by atoms with E-state index in [1.54, 1.807) is 30.3 Å². The Morgan fingerprint density at radius 1 is 1.11 bits per heavy atom. The van der Waals surface area contributed by atoms with Crippen molar-refractivity contribution in [1.29, 1.82) is 5.26 Å². The van der Waals surface area contributed by atoms with Crippen molar-refractivity contribution in [3.8, 4) is 28.9 Å². The first-order valence-electron chi connectivity index (χ1n) is 13.9. The zero-order chi connectivity index (χ0) is 32.1. The van der Waals surface area contributed by atoms with Gasteiger partial charge in [-0.05, 0) is 65.9 Å². The molecule has 2 heterocycles. The van der Waals surface area contributed by atoms with Gasteiger partial charge in [0.25, 0.3) is 0 Å². The highest BCUT2D eigenvalue weighted by atomic mass is 32.2. The lowest BCUT2D eigenvalue weighted by molar-refractivity contribution is -0.274. The summed E-state index contributed by atoms with van der Waals surface area (Å²) in [5.74, 6) is 0.489. The van der Waals surface area contributed by atoms with Gasteiger partial charge in [0.2, 0.25) is 0 Å². The zero-order valence-corrected chi connectivity index (χ0v) is 24.9. The first-order chi connectivity index (χ1) is 21.5. The number of aliphatic imine (C=N–C) groups is 1. The monoisotopic (exact) mass is 637 g/mol. The average Bonchev–Trinajstić information content (AvgIpc) is 3.50. The lowest BCUT2D eigenvalue weighted by Gasteiger charge is -2.32. The largest absolute Gasteiger partial charge is 0.573 e. The molecule has 1 N–H and O–H groups in total. The number of carbonyl (C=O) groups is 1. The molecule has 0 radical (unpaired) electrons. The molecule has 1 fully saturated rings. The van der Waals surface area contributed by atoms with E-state index in [9.17, 15) is 27.6 Å². The van der Waals surface area contributed by atoms with E-state index in [1.165, 1.54) is 59.2 Å². The summed E-state index contributed by atoms with van der Waals surface area (Å²) >= 11 is 1.42. The molecule has 0 saturated carbocycles. The van der Waals surface area contributed by atoms with Gasteiger partial charge in [-0.15, -0.1) is 18.3 Å². The van der Waals surface area contributed by atoms with Crippen LogP contribution >= 0.6 is 11.8 Å². The topological polar surface area (TPSA) is 108 Å². The number of thioether (sulfide) groups is 1. The number of nitrogens with one attached hydrogen (secondary N) is 1. The van der Waals surface area contributed by atoms with Crippen LogP contribution in [-0.2, 0) is 0 Å². The van der Waals surface area contributed by atoms with Gasteiger partial charge in [0, 0.05) is 23.5 Å². The number of benzene rings is 3. The third-order valence-corrected chi connectivity index (χ3v) is 7.88. The molecule has 232 valence electrons. The van der Waals surface area contributed by atoms with E-state index in [0.29, 0.717) is 34.4 Å². The molecule has 14 heteroatoms. The van der Waals surface area contributed by atoms with Crippen LogP contribution in [0, 0.1) is 17.1 Å². The molecule has 0 spiro atoms. The Hall–Kier alpha value is -4.90. The van der Waals surface area contributed by atoms with Gasteiger partial charge in [-0.2, -0.15) is 10.3 Å². The lowest BCUT2D eigenvalue weighted by Crippen LogP contribution is -2.37. The van der Waals surface area contributed by atoms with E-state index in [4.69, 9.17) is 0 Å². The summed E-state index contributed by atoms with van der Waals surface area (Å²) in [5, 5.41) is 17.3. The minimum Gasteiger partial charge on any atom is -0.406 e. The van der Waals surface area contributed by atoms with Gasteiger partial charge in [-0.3, -0.25) is 0 Å². The van der Waals surface area contributed by atoms with Crippen molar-refractivity contribution in [3.63, 3.8) is 0 Å². The number of alkyl halides is 3. The highest BCUT2D eigenvalue weighted by Crippen LogP contribution is 2.33. The number of ether oxygens (including phenoxy) is 1. The molecule has 45 heavy (non-hydrogen) atoms. The van der Waals surface area contributed by atoms with Crippen LogP contribution in [0.5, 0.6) is 5.75 Å². The fourth-order valence-electron chi connectivity index (χ4n) is 4.69. The molecule has 4 aromatic rings. The molecule has 2 amide bonds. The van der Waals surface area contributed by atoms with Gasteiger partial charge in [-0.1, -0.05) is 49.9 Å². The van der Waals surface area contributed by atoms with Crippen LogP contribution in [0.3, 0.4) is 0 Å². The van der Waals surface area contributed by atoms with Crippen molar-refractivity contribution in [2.45, 2.75) is 38.6 Å². The second kappa shape index (κ2) is 13.4. The van der Waals surface area contributed by atoms with Crippen LogP contribution in [0.4, 0.5) is 28.0 Å².